The molecule has 2 aromatic heterocycles. The van der Waals surface area contributed by atoms with E-state index in [1.54, 1.807) is 4.57 Å². The van der Waals surface area contributed by atoms with E-state index < -0.39 is 0 Å². The minimum atomic E-state index is -0.0225. The van der Waals surface area contributed by atoms with Crippen LogP contribution < -0.4 is 5.56 Å². The molecule has 27 heavy (non-hydrogen) atoms. The molecule has 0 bridgehead atoms. The SMILES string of the molecule is Cc1noc(C)c1CSc1nc2ccccc2c(=O)n1Cc1ccccc1. The first-order chi connectivity index (χ1) is 13.1. The summed E-state index contributed by atoms with van der Waals surface area (Å²) < 4.78 is 7.00. The molecular formula is C21H19N3O2S. The van der Waals surface area contributed by atoms with Gasteiger partial charge in [-0.25, -0.2) is 4.98 Å². The third kappa shape index (κ3) is 3.53. The van der Waals surface area contributed by atoms with Gasteiger partial charge in [0.05, 0.1) is 23.1 Å². The Morgan fingerprint density at radius 1 is 1.04 bits per heavy atom. The molecule has 4 rings (SSSR count). The van der Waals surface area contributed by atoms with Crippen molar-refractivity contribution in [3.05, 3.63) is 87.5 Å². The lowest BCUT2D eigenvalue weighted by Gasteiger charge is -2.13. The quantitative estimate of drug-likeness (QED) is 0.382. The smallest absolute Gasteiger partial charge is 0.262 e. The minimum absolute atomic E-state index is 0.0225. The Kier molecular flexibility index (Phi) is 4.81. The van der Waals surface area contributed by atoms with E-state index in [0.717, 1.165) is 22.6 Å². The average Bonchev–Trinajstić information content (AvgIpc) is 3.01. The van der Waals surface area contributed by atoms with Gasteiger partial charge in [0, 0.05) is 11.3 Å². The molecule has 0 fully saturated rings. The highest BCUT2D eigenvalue weighted by atomic mass is 32.2. The van der Waals surface area contributed by atoms with Gasteiger partial charge in [-0.05, 0) is 31.5 Å². The molecule has 0 radical (unpaired) electrons. The summed E-state index contributed by atoms with van der Waals surface area (Å²) in [5, 5.41) is 5.34. The standard InChI is InChI=1S/C21H19N3O2S/c1-14-18(15(2)26-23-14)13-27-21-22-19-11-7-6-10-17(19)20(25)24(21)12-16-8-4-3-5-9-16/h3-11H,12-13H2,1-2H3. The molecule has 0 atom stereocenters. The van der Waals surface area contributed by atoms with Gasteiger partial charge in [-0.3, -0.25) is 9.36 Å². The molecule has 0 N–H and O–H groups in total. The van der Waals surface area contributed by atoms with Gasteiger partial charge >= 0.3 is 0 Å². The monoisotopic (exact) mass is 377 g/mol. The maximum absolute atomic E-state index is 13.1. The third-order valence-electron chi connectivity index (χ3n) is 4.54. The van der Waals surface area contributed by atoms with Gasteiger partial charge in [0.25, 0.3) is 5.56 Å². The first-order valence-electron chi connectivity index (χ1n) is 8.71. The number of aryl methyl sites for hydroxylation is 2. The van der Waals surface area contributed by atoms with Crippen LogP contribution in [0.25, 0.3) is 10.9 Å². The summed E-state index contributed by atoms with van der Waals surface area (Å²) >= 11 is 1.53. The van der Waals surface area contributed by atoms with E-state index in [4.69, 9.17) is 9.51 Å². The highest BCUT2D eigenvalue weighted by molar-refractivity contribution is 7.98. The van der Waals surface area contributed by atoms with Crippen LogP contribution in [0.15, 0.2) is 69.1 Å². The number of nitrogens with zero attached hydrogens (tertiary/aromatic N) is 3. The molecule has 5 nitrogen and oxygen atoms in total. The van der Waals surface area contributed by atoms with Crippen LogP contribution in [-0.4, -0.2) is 14.7 Å². The van der Waals surface area contributed by atoms with Crippen molar-refractivity contribution in [1.29, 1.82) is 0 Å². The molecule has 4 aromatic rings. The van der Waals surface area contributed by atoms with Crippen molar-refractivity contribution in [2.24, 2.45) is 0 Å². The predicted molar refractivity (Wildman–Crippen MR) is 107 cm³/mol. The Balaban J connectivity index is 1.77. The van der Waals surface area contributed by atoms with Crippen LogP contribution in [0.2, 0.25) is 0 Å². The van der Waals surface area contributed by atoms with Crippen molar-refractivity contribution in [2.75, 3.05) is 0 Å². The van der Waals surface area contributed by atoms with Crippen LogP contribution in [0.4, 0.5) is 0 Å². The minimum Gasteiger partial charge on any atom is -0.361 e. The van der Waals surface area contributed by atoms with Crippen molar-refractivity contribution in [3.8, 4) is 0 Å². The van der Waals surface area contributed by atoms with Crippen LogP contribution in [-0.2, 0) is 12.3 Å². The van der Waals surface area contributed by atoms with E-state index in [-0.39, 0.29) is 5.56 Å². The van der Waals surface area contributed by atoms with E-state index >= 15 is 0 Å². The molecule has 0 spiro atoms. The Morgan fingerprint density at radius 2 is 1.78 bits per heavy atom. The van der Waals surface area contributed by atoms with Gasteiger partial charge in [0.2, 0.25) is 0 Å². The van der Waals surface area contributed by atoms with E-state index in [1.165, 1.54) is 11.8 Å². The summed E-state index contributed by atoms with van der Waals surface area (Å²) in [6, 6.07) is 17.4. The molecule has 0 aliphatic rings. The lowest BCUT2D eigenvalue weighted by atomic mass is 10.2. The number of thioether (sulfide) groups is 1. The van der Waals surface area contributed by atoms with Crippen molar-refractivity contribution in [3.63, 3.8) is 0 Å². The van der Waals surface area contributed by atoms with Crippen LogP contribution in [0, 0.1) is 13.8 Å². The van der Waals surface area contributed by atoms with E-state index in [0.29, 0.717) is 28.4 Å². The summed E-state index contributed by atoms with van der Waals surface area (Å²) in [7, 11) is 0. The van der Waals surface area contributed by atoms with E-state index in [9.17, 15) is 4.79 Å². The fourth-order valence-electron chi connectivity index (χ4n) is 3.01. The summed E-state index contributed by atoms with van der Waals surface area (Å²) in [4.78, 5) is 17.9. The van der Waals surface area contributed by atoms with E-state index in [1.807, 2.05) is 68.4 Å². The fraction of sp³-hybridized carbons (Fsp3) is 0.190. The predicted octanol–water partition coefficient (Wildman–Crippen LogP) is 4.34. The largest absolute Gasteiger partial charge is 0.361 e. The second-order valence-electron chi connectivity index (χ2n) is 6.38. The summed E-state index contributed by atoms with van der Waals surface area (Å²) in [6.45, 7) is 4.32. The van der Waals surface area contributed by atoms with E-state index in [2.05, 4.69) is 5.16 Å². The summed E-state index contributed by atoms with van der Waals surface area (Å²) in [5.41, 5.74) is 3.68. The summed E-state index contributed by atoms with van der Waals surface area (Å²) in [5.74, 6) is 1.46. The number of fused-ring (bicyclic) bond motifs is 1. The Labute approximate surface area is 161 Å². The highest BCUT2D eigenvalue weighted by Crippen LogP contribution is 2.26. The second kappa shape index (κ2) is 7.40. The zero-order valence-electron chi connectivity index (χ0n) is 15.2. The molecule has 2 heterocycles. The number of hydrogen-bond acceptors (Lipinski definition) is 5. The Morgan fingerprint density at radius 3 is 2.52 bits per heavy atom. The van der Waals surface area contributed by atoms with Gasteiger partial charge in [0.1, 0.15) is 5.76 Å². The molecule has 0 aliphatic heterocycles. The Bertz CT molecular complexity index is 1130. The molecular weight excluding hydrogens is 358 g/mol. The van der Waals surface area contributed by atoms with Crippen LogP contribution in [0.1, 0.15) is 22.6 Å². The number of hydrogen-bond donors (Lipinski definition) is 0. The summed E-state index contributed by atoms with van der Waals surface area (Å²) in [6.07, 6.45) is 0. The van der Waals surface area contributed by atoms with Gasteiger partial charge < -0.3 is 4.52 Å². The van der Waals surface area contributed by atoms with Gasteiger partial charge in [-0.1, -0.05) is 59.4 Å². The number of benzene rings is 2. The lowest BCUT2D eigenvalue weighted by Crippen LogP contribution is -2.24. The zero-order chi connectivity index (χ0) is 18.8. The molecule has 2 aromatic carbocycles. The fourth-order valence-corrected chi connectivity index (χ4v) is 4.16. The third-order valence-corrected chi connectivity index (χ3v) is 5.54. The molecule has 0 unspecified atom stereocenters. The normalized spacial score (nSPS) is 11.2. The topological polar surface area (TPSA) is 60.9 Å². The lowest BCUT2D eigenvalue weighted by molar-refractivity contribution is 0.392. The maximum atomic E-state index is 13.1. The first-order valence-corrected chi connectivity index (χ1v) is 9.70. The number of aromatic nitrogens is 3. The molecule has 0 saturated heterocycles. The molecule has 0 saturated carbocycles. The number of rotatable bonds is 5. The maximum Gasteiger partial charge on any atom is 0.262 e. The van der Waals surface area contributed by atoms with Crippen LogP contribution in [0.5, 0.6) is 0 Å². The van der Waals surface area contributed by atoms with Crippen molar-refractivity contribution in [2.45, 2.75) is 31.3 Å². The van der Waals surface area contributed by atoms with Crippen LogP contribution >= 0.6 is 11.8 Å². The first kappa shape index (κ1) is 17.5. The molecule has 0 aliphatic carbocycles. The second-order valence-corrected chi connectivity index (χ2v) is 7.32. The molecule has 0 amide bonds. The van der Waals surface area contributed by atoms with Gasteiger partial charge in [-0.15, -0.1) is 0 Å². The molecule has 6 heteroatoms. The van der Waals surface area contributed by atoms with Crippen LogP contribution in [0.3, 0.4) is 0 Å². The van der Waals surface area contributed by atoms with Crippen molar-refractivity contribution in [1.82, 2.24) is 14.7 Å². The highest BCUT2D eigenvalue weighted by Gasteiger charge is 2.15. The number of para-hydroxylation sites is 1. The van der Waals surface area contributed by atoms with Crippen molar-refractivity contribution >= 4 is 22.7 Å². The van der Waals surface area contributed by atoms with Gasteiger partial charge in [-0.2, -0.15) is 0 Å². The Hall–Kier alpha value is -2.86. The average molecular weight is 377 g/mol. The van der Waals surface area contributed by atoms with Crippen molar-refractivity contribution < 1.29 is 4.52 Å². The van der Waals surface area contributed by atoms with Gasteiger partial charge in [0.15, 0.2) is 5.16 Å². The zero-order valence-corrected chi connectivity index (χ0v) is 16.0. The molecule has 136 valence electrons.